The Morgan fingerprint density at radius 3 is 2.41 bits per heavy atom. The monoisotopic (exact) mass is 633 g/mol. The normalized spacial score (nSPS) is 11.5. The fraction of sp³-hybridized carbons (Fsp3) is 0.179. The van der Waals surface area contributed by atoms with E-state index in [0.29, 0.717) is 53.9 Å². The number of hydrogen-bond acceptors (Lipinski definition) is 9. The minimum absolute atomic E-state index is 0.172. The SMILES string of the molecule is CN(C)CCNc1nc(Nc2cccc([S-](=N)=O)c2)ncc1-c1ccc(NC(=O)Nc2cc(C(F)(F)F)ccc2F)c(F)c1. The summed E-state index contributed by atoms with van der Waals surface area (Å²) in [5, 5.41) is 10.3. The van der Waals surface area contributed by atoms with Gasteiger partial charge in [0.1, 0.15) is 17.5 Å². The van der Waals surface area contributed by atoms with Gasteiger partial charge in [0.05, 0.1) is 16.9 Å². The van der Waals surface area contributed by atoms with Gasteiger partial charge in [0.25, 0.3) is 0 Å². The second-order valence-electron chi connectivity index (χ2n) is 9.57. The van der Waals surface area contributed by atoms with Gasteiger partial charge in [0.2, 0.25) is 5.95 Å². The first-order chi connectivity index (χ1) is 20.8. The standard InChI is InChI=1S/C28H26F5N8O2S/c1-41(2)11-10-35-25-20(15-36-26(40-25)37-18-4-3-5-19(14-18)44(34)43)16-6-9-23(22(30)12-16)38-27(42)39-24-13-17(28(31,32)33)7-8-21(24)29/h3-9,12-15,34H,10-11H2,1-2H3,(H2,38,39,42)(H2,35,36,37,40)/q-1. The lowest BCUT2D eigenvalue weighted by atomic mass is 10.1. The molecular weight excluding hydrogens is 607 g/mol. The summed E-state index contributed by atoms with van der Waals surface area (Å²) in [7, 11) is 1.84. The number of likely N-dealkylation sites (N-methyl/N-ethyl adjacent to an activating group) is 1. The van der Waals surface area contributed by atoms with E-state index >= 15 is 4.39 Å². The summed E-state index contributed by atoms with van der Waals surface area (Å²) in [6.45, 7) is 1.11. The Kier molecular flexibility index (Phi) is 9.95. The first-order valence-corrected chi connectivity index (χ1v) is 14.0. The number of rotatable bonds is 10. The highest BCUT2D eigenvalue weighted by molar-refractivity contribution is 7.73. The Labute approximate surface area is 250 Å². The summed E-state index contributed by atoms with van der Waals surface area (Å²) in [5.74, 6) is -1.47. The minimum atomic E-state index is -4.75. The third-order valence-electron chi connectivity index (χ3n) is 6.01. The van der Waals surface area contributed by atoms with Crippen molar-refractivity contribution in [2.45, 2.75) is 11.1 Å². The Morgan fingerprint density at radius 1 is 0.977 bits per heavy atom. The molecule has 4 rings (SSSR count). The van der Waals surface area contributed by atoms with E-state index in [1.54, 1.807) is 18.2 Å². The van der Waals surface area contributed by atoms with Crippen LogP contribution in [-0.4, -0.2) is 48.1 Å². The third kappa shape index (κ3) is 8.38. The number of hydrogen-bond donors (Lipinski definition) is 5. The van der Waals surface area contributed by atoms with Crippen molar-refractivity contribution in [3.05, 3.63) is 84.1 Å². The first-order valence-electron chi connectivity index (χ1n) is 12.8. The number of urea groups is 1. The van der Waals surface area contributed by atoms with Gasteiger partial charge < -0.3 is 35.2 Å². The minimum Gasteiger partial charge on any atom is -0.440 e. The summed E-state index contributed by atoms with van der Waals surface area (Å²) in [4.78, 5) is 23.4. The molecule has 5 N–H and O–H groups in total. The molecule has 0 fully saturated rings. The van der Waals surface area contributed by atoms with E-state index in [9.17, 15) is 26.6 Å². The van der Waals surface area contributed by atoms with Crippen LogP contribution in [0.5, 0.6) is 0 Å². The van der Waals surface area contributed by atoms with Gasteiger partial charge in [0.15, 0.2) is 0 Å². The summed E-state index contributed by atoms with van der Waals surface area (Å²) in [5.41, 5.74) is -0.958. The number of halogens is 5. The van der Waals surface area contributed by atoms with E-state index in [-0.39, 0.29) is 16.5 Å². The van der Waals surface area contributed by atoms with Gasteiger partial charge in [-0.25, -0.2) is 18.6 Å². The zero-order valence-corrected chi connectivity index (χ0v) is 24.0. The molecule has 2 amide bonds. The average Bonchev–Trinajstić information content (AvgIpc) is 2.95. The van der Waals surface area contributed by atoms with Gasteiger partial charge in [-0.1, -0.05) is 29.2 Å². The van der Waals surface area contributed by atoms with Crippen LogP contribution in [0.4, 0.5) is 55.6 Å². The van der Waals surface area contributed by atoms with Crippen LogP contribution in [0, 0.1) is 16.4 Å². The summed E-state index contributed by atoms with van der Waals surface area (Å²) in [6.07, 6.45) is -3.31. The molecule has 44 heavy (non-hydrogen) atoms. The molecule has 1 aromatic heterocycles. The molecule has 16 heteroatoms. The van der Waals surface area contributed by atoms with Gasteiger partial charge >= 0.3 is 12.2 Å². The highest BCUT2D eigenvalue weighted by Gasteiger charge is 2.31. The van der Waals surface area contributed by atoms with Gasteiger partial charge in [-0.2, -0.15) is 28.8 Å². The van der Waals surface area contributed by atoms with Crippen molar-refractivity contribution >= 4 is 45.5 Å². The fourth-order valence-corrected chi connectivity index (χ4v) is 4.30. The predicted molar refractivity (Wildman–Crippen MR) is 157 cm³/mol. The second-order valence-corrected chi connectivity index (χ2v) is 10.6. The zero-order valence-electron chi connectivity index (χ0n) is 23.2. The zero-order chi connectivity index (χ0) is 32.0. The predicted octanol–water partition coefficient (Wildman–Crippen LogP) is 6.89. The van der Waals surface area contributed by atoms with Crippen LogP contribution in [-0.2, 0) is 21.0 Å². The molecule has 1 heterocycles. The number of benzene rings is 3. The van der Waals surface area contributed by atoms with Crippen LogP contribution in [0.2, 0.25) is 0 Å². The first kappa shape index (κ1) is 32.1. The van der Waals surface area contributed by atoms with Crippen molar-refractivity contribution in [3.8, 4) is 11.1 Å². The number of aromatic nitrogens is 2. The molecule has 0 aliphatic carbocycles. The van der Waals surface area contributed by atoms with E-state index in [0.717, 1.165) is 6.07 Å². The van der Waals surface area contributed by atoms with Crippen LogP contribution < -0.4 is 21.3 Å². The summed E-state index contributed by atoms with van der Waals surface area (Å²) < 4.78 is 87.0. The Balaban J connectivity index is 1.56. The lowest BCUT2D eigenvalue weighted by Gasteiger charge is -2.16. The number of carbonyl (C=O) groups excluding carboxylic acids is 1. The third-order valence-corrected chi connectivity index (χ3v) is 6.70. The van der Waals surface area contributed by atoms with Crippen LogP contribution in [0.15, 0.2) is 71.8 Å². The molecule has 0 radical (unpaired) electrons. The molecule has 0 unspecified atom stereocenters. The van der Waals surface area contributed by atoms with Crippen LogP contribution >= 0.6 is 0 Å². The highest BCUT2D eigenvalue weighted by atomic mass is 32.2. The van der Waals surface area contributed by atoms with Crippen LogP contribution in [0.25, 0.3) is 11.1 Å². The quantitative estimate of drug-likeness (QED) is 0.0949. The maximum absolute atomic E-state index is 15.1. The molecular formula is C28H26F5N8O2S-. The fourth-order valence-electron chi connectivity index (χ4n) is 3.86. The average molecular weight is 634 g/mol. The number of amides is 2. The molecule has 0 spiro atoms. The van der Waals surface area contributed by atoms with Gasteiger partial charge in [0, 0.05) is 30.5 Å². The molecule has 0 bridgehead atoms. The van der Waals surface area contributed by atoms with Crippen LogP contribution in [0.3, 0.4) is 0 Å². The van der Waals surface area contributed by atoms with Crippen molar-refractivity contribution in [2.24, 2.45) is 0 Å². The van der Waals surface area contributed by atoms with Crippen molar-refractivity contribution in [1.29, 1.82) is 4.78 Å². The van der Waals surface area contributed by atoms with Gasteiger partial charge in [-0.05, 0) is 56.1 Å². The van der Waals surface area contributed by atoms with E-state index in [1.165, 1.54) is 24.4 Å². The largest absolute Gasteiger partial charge is 0.440 e. The summed E-state index contributed by atoms with van der Waals surface area (Å²) >= 11 is 0. The molecule has 3 aromatic carbocycles. The molecule has 0 saturated heterocycles. The maximum Gasteiger partial charge on any atom is 0.416 e. The number of anilines is 5. The molecule has 0 saturated carbocycles. The second kappa shape index (κ2) is 13.6. The highest BCUT2D eigenvalue weighted by Crippen LogP contribution is 2.33. The Bertz CT molecular complexity index is 1740. The lowest BCUT2D eigenvalue weighted by Crippen LogP contribution is -2.21. The van der Waals surface area contributed by atoms with Gasteiger partial charge in [-0.3, -0.25) is 0 Å². The van der Waals surface area contributed by atoms with Crippen molar-refractivity contribution in [1.82, 2.24) is 14.9 Å². The molecule has 232 valence electrons. The topological polar surface area (TPSA) is 135 Å². The molecule has 0 aliphatic rings. The van der Waals surface area contributed by atoms with E-state index < -0.39 is 45.7 Å². The number of alkyl halides is 3. The number of carbonyl (C=O) groups is 1. The smallest absolute Gasteiger partial charge is 0.416 e. The Hall–Kier alpha value is -4.83. The van der Waals surface area contributed by atoms with Crippen LogP contribution in [0.1, 0.15) is 5.56 Å². The number of nitrogens with one attached hydrogen (secondary N) is 5. The van der Waals surface area contributed by atoms with E-state index in [4.69, 9.17) is 4.78 Å². The molecule has 10 nitrogen and oxygen atoms in total. The molecule has 0 atom stereocenters. The van der Waals surface area contributed by atoms with Gasteiger partial charge in [-0.15, -0.1) is 0 Å². The lowest BCUT2D eigenvalue weighted by molar-refractivity contribution is -0.137. The van der Waals surface area contributed by atoms with E-state index in [1.807, 2.05) is 24.3 Å². The Morgan fingerprint density at radius 2 is 1.73 bits per heavy atom. The summed E-state index contributed by atoms with van der Waals surface area (Å²) in [6, 6.07) is 10.6. The maximum atomic E-state index is 15.1. The molecule has 0 aliphatic heterocycles. The van der Waals surface area contributed by atoms with Crippen molar-refractivity contribution < 1.29 is 31.0 Å². The number of nitrogens with zero attached hydrogens (tertiary/aromatic N) is 3. The van der Waals surface area contributed by atoms with Crippen molar-refractivity contribution in [3.63, 3.8) is 0 Å². The molecule has 4 aromatic rings. The van der Waals surface area contributed by atoms with Crippen molar-refractivity contribution in [2.75, 3.05) is 48.5 Å². The van der Waals surface area contributed by atoms with E-state index in [2.05, 4.69) is 25.9 Å².